The monoisotopic (exact) mass is 547 g/mol. The Morgan fingerprint density at radius 1 is 1.30 bits per heavy atom. The second-order valence-corrected chi connectivity index (χ2v) is 10.3. The molecule has 40 heavy (non-hydrogen) atoms. The van der Waals surface area contributed by atoms with Gasteiger partial charge in [-0.1, -0.05) is 0 Å². The van der Waals surface area contributed by atoms with Crippen LogP contribution in [0.1, 0.15) is 59.3 Å². The van der Waals surface area contributed by atoms with E-state index in [0.29, 0.717) is 61.3 Å². The summed E-state index contributed by atoms with van der Waals surface area (Å²) in [6.45, 7) is 1.21. The molecule has 3 amide bonds. The van der Waals surface area contributed by atoms with Gasteiger partial charge in [0, 0.05) is 51.7 Å². The third-order valence-corrected chi connectivity index (χ3v) is 7.73. The van der Waals surface area contributed by atoms with E-state index in [9.17, 15) is 19.6 Å². The molecule has 4 heterocycles. The maximum absolute atomic E-state index is 13.4. The number of pyridine rings is 2. The fraction of sp³-hybridized carbons (Fsp3) is 0.500. The number of rotatable bonds is 8. The first-order valence-electron chi connectivity index (χ1n) is 13.5. The fourth-order valence-electron chi connectivity index (χ4n) is 5.36. The minimum absolute atomic E-state index is 0.0690. The second-order valence-electron chi connectivity index (χ2n) is 10.3. The molecule has 3 atom stereocenters. The number of anilines is 3. The van der Waals surface area contributed by atoms with Crippen molar-refractivity contribution in [3.63, 3.8) is 0 Å². The Morgan fingerprint density at radius 2 is 2.15 bits per heavy atom. The zero-order valence-electron chi connectivity index (χ0n) is 22.7. The van der Waals surface area contributed by atoms with Gasteiger partial charge >= 0.3 is 6.03 Å². The van der Waals surface area contributed by atoms with E-state index in [1.807, 2.05) is 6.07 Å². The lowest BCUT2D eigenvalue weighted by molar-refractivity contribution is -0.140. The van der Waals surface area contributed by atoms with Gasteiger partial charge in [0.15, 0.2) is 6.29 Å². The summed E-state index contributed by atoms with van der Waals surface area (Å²) >= 11 is 0. The van der Waals surface area contributed by atoms with Gasteiger partial charge in [-0.15, -0.1) is 0 Å². The average Bonchev–Trinajstić information content (AvgIpc) is 3.49. The molecule has 3 aliphatic rings. The number of amides is 3. The number of urea groups is 1. The van der Waals surface area contributed by atoms with Crippen molar-refractivity contribution < 1.29 is 23.9 Å². The first kappa shape index (κ1) is 27.5. The molecule has 210 valence electrons. The van der Waals surface area contributed by atoms with Crippen molar-refractivity contribution in [1.82, 2.24) is 14.9 Å². The first-order chi connectivity index (χ1) is 19.4. The van der Waals surface area contributed by atoms with Gasteiger partial charge < -0.3 is 19.7 Å². The molecule has 0 spiro atoms. The number of aromatic nitrogens is 2. The quantitative estimate of drug-likeness (QED) is 0.476. The molecule has 0 unspecified atom stereocenters. The van der Waals surface area contributed by atoms with Gasteiger partial charge in [-0.05, 0) is 50.2 Å². The van der Waals surface area contributed by atoms with E-state index in [1.54, 1.807) is 25.1 Å². The molecular formula is C28H33N7O5. The number of aryl methyl sites for hydroxylation is 1. The van der Waals surface area contributed by atoms with E-state index in [0.717, 1.165) is 24.8 Å². The van der Waals surface area contributed by atoms with Crippen LogP contribution < -0.4 is 15.5 Å². The molecule has 2 aromatic rings. The topological polar surface area (TPSA) is 150 Å². The van der Waals surface area contributed by atoms with Crippen LogP contribution in [0.5, 0.6) is 0 Å². The third-order valence-electron chi connectivity index (χ3n) is 7.73. The lowest BCUT2D eigenvalue weighted by Gasteiger charge is -2.36. The van der Waals surface area contributed by atoms with Crippen LogP contribution in [0.4, 0.5) is 22.1 Å². The first-order valence-corrected chi connectivity index (χ1v) is 13.5. The van der Waals surface area contributed by atoms with Gasteiger partial charge in [0.1, 0.15) is 29.5 Å². The number of nitriles is 1. The number of hydrogen-bond donors (Lipinski definition) is 2. The van der Waals surface area contributed by atoms with Crippen LogP contribution in [0.3, 0.4) is 0 Å². The van der Waals surface area contributed by atoms with Crippen molar-refractivity contribution in [1.29, 1.82) is 5.26 Å². The van der Waals surface area contributed by atoms with Crippen LogP contribution in [0.15, 0.2) is 18.3 Å². The molecule has 0 bridgehead atoms. The minimum atomic E-state index is -0.448. The number of hydrogen-bond acceptors (Lipinski definition) is 9. The van der Waals surface area contributed by atoms with E-state index >= 15 is 0 Å². The highest BCUT2D eigenvalue weighted by Gasteiger charge is 2.32. The highest BCUT2D eigenvalue weighted by atomic mass is 16.5. The Hall–Kier alpha value is -4.08. The number of nitrogens with one attached hydrogen (secondary N) is 2. The molecule has 0 aromatic carbocycles. The van der Waals surface area contributed by atoms with Crippen LogP contribution in [0, 0.1) is 11.3 Å². The van der Waals surface area contributed by atoms with E-state index in [1.165, 1.54) is 11.1 Å². The SMILES string of the molecule is CO[C@H]1CC[C@@H]1Nc1cc(NC(=O)N2CCCc3cc(CN(C)C(=O)[C@H]4CCCO4)c(C=O)nc32)ncc1C#N. The maximum Gasteiger partial charge on any atom is 0.328 e. The van der Waals surface area contributed by atoms with Crippen LogP contribution in [-0.2, 0) is 27.2 Å². The number of likely N-dealkylation sites (N-methyl/N-ethyl adjacent to an activating group) is 1. The number of fused-ring (bicyclic) bond motifs is 1. The zero-order valence-corrected chi connectivity index (χ0v) is 22.7. The number of nitrogens with zero attached hydrogens (tertiary/aromatic N) is 5. The molecule has 12 nitrogen and oxygen atoms in total. The van der Waals surface area contributed by atoms with Gasteiger partial charge in [-0.25, -0.2) is 14.8 Å². The number of methoxy groups -OCH3 is 1. The van der Waals surface area contributed by atoms with Crippen molar-refractivity contribution in [2.24, 2.45) is 0 Å². The average molecular weight is 548 g/mol. The molecule has 1 saturated carbocycles. The third kappa shape index (κ3) is 5.61. The number of carbonyl (C=O) groups is 3. The Morgan fingerprint density at radius 3 is 2.83 bits per heavy atom. The van der Waals surface area contributed by atoms with Gasteiger partial charge in [-0.2, -0.15) is 5.26 Å². The van der Waals surface area contributed by atoms with E-state index in [4.69, 9.17) is 9.47 Å². The highest BCUT2D eigenvalue weighted by Crippen LogP contribution is 2.31. The fourth-order valence-corrected chi connectivity index (χ4v) is 5.36. The summed E-state index contributed by atoms with van der Waals surface area (Å²) in [7, 11) is 3.35. The molecule has 2 N–H and O–H groups in total. The Balaban J connectivity index is 1.32. The van der Waals surface area contributed by atoms with Crippen molar-refractivity contribution in [3.05, 3.63) is 40.7 Å². The standard InChI is InChI=1S/C28H33N7O5/c1-34(27(37)24-6-4-10-40-24)15-18-11-17-5-3-9-35(26(17)32-22(18)16-36)28(38)33-25-12-21(19(13-29)14-30-25)31-20-7-8-23(20)39-2/h11-12,14,16,20,23-24H,3-10,15H2,1-2H3,(H2,30,31,33,38)/t20-,23-,24+/m0/s1. The van der Waals surface area contributed by atoms with Crippen LogP contribution in [0.2, 0.25) is 0 Å². The van der Waals surface area contributed by atoms with Crippen LogP contribution >= 0.6 is 0 Å². The molecule has 2 fully saturated rings. The van der Waals surface area contributed by atoms with Gasteiger partial charge in [0.2, 0.25) is 0 Å². The van der Waals surface area contributed by atoms with Crippen LogP contribution in [-0.4, -0.2) is 78.7 Å². The Labute approximate surface area is 232 Å². The molecule has 2 aliphatic heterocycles. The van der Waals surface area contributed by atoms with E-state index < -0.39 is 12.1 Å². The largest absolute Gasteiger partial charge is 0.379 e. The lowest BCUT2D eigenvalue weighted by atomic mass is 9.88. The summed E-state index contributed by atoms with van der Waals surface area (Å²) in [5.41, 5.74) is 2.58. The predicted octanol–water partition coefficient (Wildman–Crippen LogP) is 2.87. The van der Waals surface area contributed by atoms with Crippen molar-refractivity contribution >= 4 is 35.5 Å². The van der Waals surface area contributed by atoms with Crippen LogP contribution in [0.25, 0.3) is 0 Å². The number of ether oxygens (including phenoxy) is 2. The van der Waals surface area contributed by atoms with Crippen molar-refractivity contribution in [2.75, 3.05) is 42.8 Å². The summed E-state index contributed by atoms with van der Waals surface area (Å²) in [6, 6.07) is 5.27. The Bertz CT molecular complexity index is 1340. The smallest absolute Gasteiger partial charge is 0.328 e. The summed E-state index contributed by atoms with van der Waals surface area (Å²) in [5, 5.41) is 15.7. The van der Waals surface area contributed by atoms with Gasteiger partial charge in [0.25, 0.3) is 5.91 Å². The number of carbonyl (C=O) groups excluding carboxylic acids is 3. The summed E-state index contributed by atoms with van der Waals surface area (Å²) in [5.74, 6) is 0.576. The lowest BCUT2D eigenvalue weighted by Crippen LogP contribution is -2.44. The predicted molar refractivity (Wildman–Crippen MR) is 146 cm³/mol. The maximum atomic E-state index is 13.4. The zero-order chi connectivity index (χ0) is 28.2. The number of aldehydes is 1. The summed E-state index contributed by atoms with van der Waals surface area (Å²) in [6.07, 6.45) is 6.50. The molecule has 2 aromatic heterocycles. The van der Waals surface area contributed by atoms with Crippen molar-refractivity contribution in [3.8, 4) is 6.07 Å². The second kappa shape index (κ2) is 12.0. The van der Waals surface area contributed by atoms with Gasteiger partial charge in [0.05, 0.1) is 23.4 Å². The Kier molecular flexibility index (Phi) is 8.23. The molecule has 5 rings (SSSR count). The molecular weight excluding hydrogens is 514 g/mol. The molecule has 1 aliphatic carbocycles. The molecule has 1 saturated heterocycles. The summed E-state index contributed by atoms with van der Waals surface area (Å²) < 4.78 is 11.0. The van der Waals surface area contributed by atoms with Crippen molar-refractivity contribution in [2.45, 2.75) is 63.3 Å². The van der Waals surface area contributed by atoms with Gasteiger partial charge in [-0.3, -0.25) is 19.8 Å². The highest BCUT2D eigenvalue weighted by molar-refractivity contribution is 6.02. The molecule has 12 heteroatoms. The summed E-state index contributed by atoms with van der Waals surface area (Å²) in [4.78, 5) is 49.9. The molecule has 0 radical (unpaired) electrons. The minimum Gasteiger partial charge on any atom is -0.379 e. The van der Waals surface area contributed by atoms with E-state index in [2.05, 4.69) is 26.7 Å². The van der Waals surface area contributed by atoms with E-state index in [-0.39, 0.29) is 36.1 Å². The normalized spacial score (nSPS) is 21.5.